The predicted octanol–water partition coefficient (Wildman–Crippen LogP) is 0.382. The monoisotopic (exact) mass is 179 g/mol. The maximum absolute atomic E-state index is 10.5. The molecule has 0 fully saturated rings. The van der Waals surface area contributed by atoms with Crippen molar-refractivity contribution in [3.63, 3.8) is 0 Å². The van der Waals surface area contributed by atoms with Crippen molar-refractivity contribution in [2.45, 2.75) is 0 Å². The van der Waals surface area contributed by atoms with Crippen LogP contribution >= 0.6 is 8.25 Å². The summed E-state index contributed by atoms with van der Waals surface area (Å²) in [5, 5.41) is 8.21. The van der Waals surface area contributed by atoms with Gasteiger partial charge in [-0.2, -0.15) is 0 Å². The number of aliphatic hydroxyl groups is 1. The van der Waals surface area contributed by atoms with Gasteiger partial charge in [-0.25, -0.2) is 4.52 Å². The van der Waals surface area contributed by atoms with Gasteiger partial charge >= 0.3 is 8.25 Å². The number of carbonyl (C=O) groups is 1. The maximum atomic E-state index is 10.5. The molecule has 5 nitrogen and oxygen atoms in total. The van der Waals surface area contributed by atoms with E-state index in [1.165, 1.54) is 0 Å². The van der Waals surface area contributed by atoms with Crippen molar-refractivity contribution in [3.8, 4) is 0 Å². The van der Waals surface area contributed by atoms with E-state index in [1.807, 2.05) is 0 Å². The quantitative estimate of drug-likeness (QED) is 0.276. The topological polar surface area (TPSA) is 72.8 Å². The van der Waals surface area contributed by atoms with Crippen LogP contribution in [0.3, 0.4) is 0 Å². The van der Waals surface area contributed by atoms with Gasteiger partial charge in [0, 0.05) is 4.57 Å². The van der Waals surface area contributed by atoms with Crippen molar-refractivity contribution < 1.29 is 23.5 Å². The Kier molecular flexibility index (Phi) is 5.56. The summed E-state index contributed by atoms with van der Waals surface area (Å²) in [4.78, 5) is 9.86. The van der Waals surface area contributed by atoms with Gasteiger partial charge in [0.25, 0.3) is 0 Å². The fourth-order valence-corrected chi connectivity index (χ4v) is 0.777. The van der Waals surface area contributed by atoms with Crippen molar-refractivity contribution >= 4 is 14.5 Å². The lowest BCUT2D eigenvalue weighted by atomic mass is 10.7. The van der Waals surface area contributed by atoms with E-state index in [1.54, 1.807) is 0 Å². The zero-order valence-electron chi connectivity index (χ0n) is 5.73. The molecule has 62 valence electrons. The van der Waals surface area contributed by atoms with Crippen LogP contribution in [0, 0.1) is 0 Å². The van der Waals surface area contributed by atoms with Gasteiger partial charge in [0.1, 0.15) is 6.61 Å². The molecule has 0 rings (SSSR count). The minimum atomic E-state index is -2.37. The molecule has 6 heteroatoms. The minimum Gasteiger partial charge on any atom is -0.394 e. The Morgan fingerprint density at radius 2 is 2.36 bits per heavy atom. The van der Waals surface area contributed by atoms with E-state index in [4.69, 9.17) is 5.11 Å². The molecule has 0 aromatic rings. The highest BCUT2D eigenvalue weighted by molar-refractivity contribution is 7.33. The van der Waals surface area contributed by atoms with Gasteiger partial charge in [0.15, 0.2) is 6.29 Å². The van der Waals surface area contributed by atoms with Crippen LogP contribution in [0.2, 0.25) is 0 Å². The fraction of sp³-hybridized carbons (Fsp3) is 0.400. The molecule has 0 radical (unpaired) electrons. The van der Waals surface area contributed by atoms with E-state index in [0.29, 0.717) is 6.29 Å². The van der Waals surface area contributed by atoms with Crippen LogP contribution in [0.5, 0.6) is 0 Å². The smallest absolute Gasteiger partial charge is 0.394 e. The van der Waals surface area contributed by atoms with Crippen LogP contribution in [0.25, 0.3) is 0 Å². The van der Waals surface area contributed by atoms with Crippen LogP contribution in [0.4, 0.5) is 0 Å². The van der Waals surface area contributed by atoms with Crippen molar-refractivity contribution in [3.05, 3.63) is 12.3 Å². The summed E-state index contributed by atoms with van der Waals surface area (Å²) in [6, 6.07) is 0. The molecule has 0 spiro atoms. The third-order valence-corrected chi connectivity index (χ3v) is 1.39. The maximum Gasteiger partial charge on any atom is 0.750 e. The Bertz CT molecular complexity index is 166. The lowest BCUT2D eigenvalue weighted by molar-refractivity contribution is -0.106. The Hall–Kier alpha value is -0.770. The van der Waals surface area contributed by atoms with Crippen LogP contribution in [0.15, 0.2) is 12.3 Å². The van der Waals surface area contributed by atoms with Gasteiger partial charge in [-0.15, -0.1) is 4.52 Å². The van der Waals surface area contributed by atoms with Gasteiger partial charge in [-0.3, -0.25) is 4.79 Å². The first-order chi connectivity index (χ1) is 5.20. The van der Waals surface area contributed by atoms with Gasteiger partial charge in [0.2, 0.25) is 5.76 Å². The highest BCUT2D eigenvalue weighted by atomic mass is 31.1. The zero-order valence-corrected chi connectivity index (χ0v) is 6.62. The van der Waals surface area contributed by atoms with Crippen LogP contribution in [-0.4, -0.2) is 24.6 Å². The molecule has 0 bridgehead atoms. The van der Waals surface area contributed by atoms with E-state index >= 15 is 0 Å². The summed E-state index contributed by atoms with van der Waals surface area (Å²) in [7, 11) is -2.37. The van der Waals surface area contributed by atoms with E-state index in [2.05, 4.69) is 15.6 Å². The van der Waals surface area contributed by atoms with Gasteiger partial charge in [0.05, 0.1) is 6.61 Å². The SMILES string of the molecule is C=C(C=O)O[P+](=O)OCCO. The van der Waals surface area contributed by atoms with Crippen molar-refractivity contribution in [1.82, 2.24) is 0 Å². The average Bonchev–Trinajstić information content (AvgIpc) is 2.00. The lowest BCUT2D eigenvalue weighted by Crippen LogP contribution is -1.93. The first kappa shape index (κ1) is 10.2. The van der Waals surface area contributed by atoms with Crippen molar-refractivity contribution in [2.75, 3.05) is 13.2 Å². The second kappa shape index (κ2) is 5.97. The van der Waals surface area contributed by atoms with E-state index in [9.17, 15) is 9.36 Å². The molecule has 11 heavy (non-hydrogen) atoms. The molecule has 0 amide bonds. The Morgan fingerprint density at radius 3 is 2.82 bits per heavy atom. The fourth-order valence-electron chi connectivity index (χ4n) is 0.259. The average molecular weight is 179 g/mol. The molecule has 1 unspecified atom stereocenters. The minimum absolute atomic E-state index is 0.0959. The largest absolute Gasteiger partial charge is 0.750 e. The second-order valence-electron chi connectivity index (χ2n) is 1.46. The third kappa shape index (κ3) is 5.66. The number of hydrogen-bond acceptors (Lipinski definition) is 5. The molecular formula is C5H8O5P+. The Morgan fingerprint density at radius 1 is 1.73 bits per heavy atom. The standard InChI is InChI=1S/C5H8O5P/c1-5(4-7)10-11(8)9-3-2-6/h4,6H,1-3H2/q+1. The van der Waals surface area contributed by atoms with Crippen molar-refractivity contribution in [1.29, 1.82) is 0 Å². The summed E-state index contributed by atoms with van der Waals surface area (Å²) < 4.78 is 19.2. The second-order valence-corrected chi connectivity index (χ2v) is 2.34. The van der Waals surface area contributed by atoms with Gasteiger partial charge in [-0.05, 0) is 6.58 Å². The highest BCUT2D eigenvalue weighted by Gasteiger charge is 2.21. The summed E-state index contributed by atoms with van der Waals surface area (Å²) >= 11 is 0. The lowest BCUT2D eigenvalue weighted by Gasteiger charge is -1.86. The normalized spacial score (nSPS) is 10.5. The number of aldehydes is 1. The van der Waals surface area contributed by atoms with E-state index in [0.717, 1.165) is 0 Å². The molecule has 0 aliphatic carbocycles. The Balaban J connectivity index is 3.52. The molecule has 0 aliphatic heterocycles. The van der Waals surface area contributed by atoms with Crippen LogP contribution in [0.1, 0.15) is 0 Å². The summed E-state index contributed by atoms with van der Waals surface area (Å²) in [5.41, 5.74) is 0. The summed E-state index contributed by atoms with van der Waals surface area (Å²) in [6.07, 6.45) is 0.315. The third-order valence-electron chi connectivity index (χ3n) is 0.611. The van der Waals surface area contributed by atoms with E-state index in [-0.39, 0.29) is 19.0 Å². The zero-order chi connectivity index (χ0) is 8.69. The molecule has 0 heterocycles. The highest BCUT2D eigenvalue weighted by Crippen LogP contribution is 2.25. The molecule has 0 aromatic heterocycles. The van der Waals surface area contributed by atoms with Gasteiger partial charge < -0.3 is 5.11 Å². The number of rotatable bonds is 6. The Labute approximate surface area is 64.6 Å². The van der Waals surface area contributed by atoms with Crippen molar-refractivity contribution in [2.24, 2.45) is 0 Å². The molecular weight excluding hydrogens is 171 g/mol. The number of carbonyl (C=O) groups excluding carboxylic acids is 1. The number of aliphatic hydroxyl groups excluding tert-OH is 1. The molecule has 1 N–H and O–H groups in total. The summed E-state index contributed by atoms with van der Waals surface area (Å²) in [5.74, 6) is -0.260. The van der Waals surface area contributed by atoms with Crippen LogP contribution < -0.4 is 0 Å². The summed E-state index contributed by atoms with van der Waals surface area (Å²) in [6.45, 7) is 2.76. The molecule has 0 saturated heterocycles. The molecule has 0 aromatic carbocycles. The van der Waals surface area contributed by atoms with E-state index < -0.39 is 8.25 Å². The first-order valence-electron chi connectivity index (χ1n) is 2.73. The predicted molar refractivity (Wildman–Crippen MR) is 36.9 cm³/mol. The molecule has 1 atom stereocenters. The van der Waals surface area contributed by atoms with Gasteiger partial charge in [-0.1, -0.05) is 0 Å². The molecule has 0 aliphatic rings. The number of allylic oxidation sites excluding steroid dienone is 1. The van der Waals surface area contributed by atoms with Crippen LogP contribution in [-0.2, 0) is 18.4 Å². The number of hydrogen-bond donors (Lipinski definition) is 1. The first-order valence-corrected chi connectivity index (χ1v) is 3.83. The molecule has 0 saturated carbocycles.